The van der Waals surface area contributed by atoms with Gasteiger partial charge in [-0.3, -0.25) is 14.2 Å². The molecule has 0 saturated carbocycles. The predicted octanol–water partition coefficient (Wildman–Crippen LogP) is 2.27. The minimum atomic E-state index is -0.235. The van der Waals surface area contributed by atoms with E-state index in [1.54, 1.807) is 23.1 Å². The van der Waals surface area contributed by atoms with Gasteiger partial charge in [-0.25, -0.2) is 4.98 Å². The first kappa shape index (κ1) is 17.4. The zero-order valence-electron chi connectivity index (χ0n) is 15.3. The van der Waals surface area contributed by atoms with Crippen molar-refractivity contribution in [2.75, 3.05) is 6.54 Å². The molecule has 1 fully saturated rings. The van der Waals surface area contributed by atoms with E-state index in [0.717, 1.165) is 12.8 Å². The molecule has 3 heterocycles. The van der Waals surface area contributed by atoms with E-state index < -0.39 is 0 Å². The summed E-state index contributed by atoms with van der Waals surface area (Å²) in [6.45, 7) is 4.54. The van der Waals surface area contributed by atoms with Gasteiger partial charge in [-0.2, -0.15) is 4.98 Å². The summed E-state index contributed by atoms with van der Waals surface area (Å²) in [7, 11) is 0. The molecule has 1 amide bonds. The minimum absolute atomic E-state index is 0.0572. The molecule has 0 bridgehead atoms. The Balaban J connectivity index is 1.57. The van der Waals surface area contributed by atoms with E-state index >= 15 is 0 Å². The second kappa shape index (κ2) is 6.94. The minimum Gasteiger partial charge on any atom is -0.337 e. The van der Waals surface area contributed by atoms with Gasteiger partial charge in [-0.15, -0.1) is 0 Å². The van der Waals surface area contributed by atoms with Gasteiger partial charge in [0.2, 0.25) is 11.8 Å². The van der Waals surface area contributed by atoms with Crippen LogP contribution in [0.1, 0.15) is 50.4 Å². The summed E-state index contributed by atoms with van der Waals surface area (Å²) in [4.78, 5) is 35.9. The molecule has 2 aromatic heterocycles. The molecule has 1 aliphatic heterocycles. The van der Waals surface area contributed by atoms with Gasteiger partial charge in [0.1, 0.15) is 12.6 Å². The van der Waals surface area contributed by atoms with E-state index in [1.807, 2.05) is 19.9 Å². The van der Waals surface area contributed by atoms with Crippen LogP contribution in [-0.2, 0) is 11.3 Å². The Labute approximate surface area is 155 Å². The monoisotopic (exact) mass is 367 g/mol. The van der Waals surface area contributed by atoms with Crippen molar-refractivity contribution in [1.82, 2.24) is 24.6 Å². The average Bonchev–Trinajstić information content (AvgIpc) is 3.33. The number of likely N-dealkylation sites (tertiary alicyclic amines) is 1. The van der Waals surface area contributed by atoms with Gasteiger partial charge in [-0.05, 0) is 25.0 Å². The highest BCUT2D eigenvalue weighted by Crippen LogP contribution is 2.31. The van der Waals surface area contributed by atoms with Crippen LogP contribution < -0.4 is 5.56 Å². The van der Waals surface area contributed by atoms with Crippen LogP contribution in [0, 0.1) is 0 Å². The van der Waals surface area contributed by atoms with Crippen molar-refractivity contribution in [3.8, 4) is 0 Å². The number of nitrogens with zero attached hydrogens (tertiary/aromatic N) is 5. The van der Waals surface area contributed by atoms with Crippen LogP contribution >= 0.6 is 0 Å². The number of carbonyl (C=O) groups is 1. The fourth-order valence-corrected chi connectivity index (χ4v) is 3.39. The molecule has 0 aliphatic carbocycles. The Hall–Kier alpha value is -3.03. The van der Waals surface area contributed by atoms with E-state index in [-0.39, 0.29) is 30.0 Å². The van der Waals surface area contributed by atoms with Crippen LogP contribution in [0.2, 0.25) is 0 Å². The van der Waals surface area contributed by atoms with Gasteiger partial charge in [0.25, 0.3) is 5.56 Å². The number of rotatable bonds is 4. The maximum atomic E-state index is 12.9. The molecule has 0 radical (unpaired) electrons. The Bertz CT molecular complexity index is 1040. The average molecular weight is 367 g/mol. The molecule has 8 heteroatoms. The molecule has 27 heavy (non-hydrogen) atoms. The van der Waals surface area contributed by atoms with Gasteiger partial charge < -0.3 is 9.42 Å². The van der Waals surface area contributed by atoms with Crippen LogP contribution in [0.15, 0.2) is 39.9 Å². The van der Waals surface area contributed by atoms with Crippen molar-refractivity contribution in [3.63, 3.8) is 0 Å². The standard InChI is InChI=1S/C19H21N5O3/c1-12(2)17-21-18(27-22-17)15-8-5-9-24(15)16(25)10-23-11-20-14-7-4-3-6-13(14)19(23)26/h3-4,6-7,11-12,15H,5,8-10H2,1-2H3/t15-/m0/s1. The summed E-state index contributed by atoms with van der Waals surface area (Å²) in [5, 5.41) is 4.50. The van der Waals surface area contributed by atoms with E-state index in [1.165, 1.54) is 10.9 Å². The number of hydrogen-bond acceptors (Lipinski definition) is 6. The van der Waals surface area contributed by atoms with Gasteiger partial charge >= 0.3 is 0 Å². The first-order valence-electron chi connectivity index (χ1n) is 9.11. The summed E-state index contributed by atoms with van der Waals surface area (Å²) >= 11 is 0. The molecule has 1 saturated heterocycles. The summed E-state index contributed by atoms with van der Waals surface area (Å²) < 4.78 is 6.74. The number of carbonyl (C=O) groups excluding carboxylic acids is 1. The Morgan fingerprint density at radius 3 is 2.93 bits per heavy atom. The Morgan fingerprint density at radius 2 is 2.15 bits per heavy atom. The fourth-order valence-electron chi connectivity index (χ4n) is 3.39. The molecule has 3 aromatic rings. The summed E-state index contributed by atoms with van der Waals surface area (Å²) in [5.41, 5.74) is 0.405. The van der Waals surface area contributed by atoms with Crippen molar-refractivity contribution < 1.29 is 9.32 Å². The Kier molecular flexibility index (Phi) is 4.47. The van der Waals surface area contributed by atoms with Crippen LogP contribution in [-0.4, -0.2) is 37.0 Å². The quantitative estimate of drug-likeness (QED) is 0.702. The smallest absolute Gasteiger partial charge is 0.261 e. The lowest BCUT2D eigenvalue weighted by atomic mass is 10.2. The van der Waals surface area contributed by atoms with E-state index in [9.17, 15) is 9.59 Å². The highest BCUT2D eigenvalue weighted by molar-refractivity contribution is 5.79. The summed E-state index contributed by atoms with van der Waals surface area (Å²) in [6.07, 6.45) is 3.06. The first-order valence-corrected chi connectivity index (χ1v) is 9.11. The van der Waals surface area contributed by atoms with Crippen molar-refractivity contribution >= 4 is 16.8 Å². The lowest BCUT2D eigenvalue weighted by molar-refractivity contribution is -0.133. The molecule has 1 aromatic carbocycles. The largest absolute Gasteiger partial charge is 0.337 e. The van der Waals surface area contributed by atoms with Crippen molar-refractivity contribution in [1.29, 1.82) is 0 Å². The zero-order chi connectivity index (χ0) is 19.0. The first-order chi connectivity index (χ1) is 13.0. The third-order valence-electron chi connectivity index (χ3n) is 4.87. The number of fused-ring (bicyclic) bond motifs is 1. The zero-order valence-corrected chi connectivity index (χ0v) is 15.3. The molecule has 8 nitrogen and oxygen atoms in total. The van der Waals surface area contributed by atoms with Crippen molar-refractivity contribution in [2.45, 2.75) is 45.2 Å². The number of para-hydroxylation sites is 1. The molecule has 1 atom stereocenters. The number of aromatic nitrogens is 4. The summed E-state index contributed by atoms with van der Waals surface area (Å²) in [5.74, 6) is 1.11. The maximum absolute atomic E-state index is 12.9. The molecule has 140 valence electrons. The second-order valence-electron chi connectivity index (χ2n) is 7.09. The van der Waals surface area contributed by atoms with E-state index in [2.05, 4.69) is 15.1 Å². The van der Waals surface area contributed by atoms with Crippen LogP contribution in [0.3, 0.4) is 0 Å². The number of hydrogen-bond donors (Lipinski definition) is 0. The SMILES string of the molecule is CC(C)c1noc([C@@H]2CCCN2C(=O)Cn2cnc3ccccc3c2=O)n1. The topological polar surface area (TPSA) is 94.1 Å². The molecule has 4 rings (SSSR count). The van der Waals surface area contributed by atoms with Crippen molar-refractivity contribution in [2.24, 2.45) is 0 Å². The third-order valence-corrected chi connectivity index (χ3v) is 4.87. The molecule has 1 aliphatic rings. The van der Waals surface area contributed by atoms with E-state index in [4.69, 9.17) is 4.52 Å². The molecule has 0 spiro atoms. The lowest BCUT2D eigenvalue weighted by Gasteiger charge is -2.22. The second-order valence-corrected chi connectivity index (χ2v) is 7.09. The third kappa shape index (κ3) is 3.22. The van der Waals surface area contributed by atoms with E-state index in [0.29, 0.717) is 29.2 Å². The lowest BCUT2D eigenvalue weighted by Crippen LogP contribution is -2.36. The molecule has 0 N–H and O–H groups in total. The van der Waals surface area contributed by atoms with Crippen molar-refractivity contribution in [3.05, 3.63) is 52.7 Å². The molecular formula is C19H21N5O3. The predicted molar refractivity (Wildman–Crippen MR) is 98.1 cm³/mol. The van der Waals surface area contributed by atoms with Crippen LogP contribution in [0.25, 0.3) is 10.9 Å². The highest BCUT2D eigenvalue weighted by atomic mass is 16.5. The molecular weight excluding hydrogens is 346 g/mol. The summed E-state index contributed by atoms with van der Waals surface area (Å²) in [6, 6.07) is 6.88. The Morgan fingerprint density at radius 1 is 1.33 bits per heavy atom. The highest BCUT2D eigenvalue weighted by Gasteiger charge is 2.34. The number of amides is 1. The van der Waals surface area contributed by atoms with Gasteiger partial charge in [-0.1, -0.05) is 31.1 Å². The fraction of sp³-hybridized carbons (Fsp3) is 0.421. The van der Waals surface area contributed by atoms with Gasteiger partial charge in [0.15, 0.2) is 5.82 Å². The molecule has 0 unspecified atom stereocenters. The van der Waals surface area contributed by atoms with Crippen LogP contribution in [0.5, 0.6) is 0 Å². The van der Waals surface area contributed by atoms with Crippen LogP contribution in [0.4, 0.5) is 0 Å². The maximum Gasteiger partial charge on any atom is 0.261 e. The van der Waals surface area contributed by atoms with Gasteiger partial charge in [0.05, 0.1) is 17.2 Å². The normalized spacial score (nSPS) is 17.1. The van der Waals surface area contributed by atoms with Gasteiger partial charge in [0, 0.05) is 12.5 Å². The number of benzene rings is 1.